The topological polar surface area (TPSA) is 57.8 Å². The molecule has 2 unspecified atom stereocenters. The molecule has 0 radical (unpaired) electrons. The van der Waals surface area contributed by atoms with Crippen LogP contribution >= 0.6 is 12.2 Å². The minimum Gasteiger partial charge on any atom is -0.348 e. The van der Waals surface area contributed by atoms with Crippen LogP contribution in [0.2, 0.25) is 0 Å². The van der Waals surface area contributed by atoms with Crippen molar-refractivity contribution in [1.82, 2.24) is 9.88 Å². The summed E-state index contributed by atoms with van der Waals surface area (Å²) in [6, 6.07) is 16.1. The van der Waals surface area contributed by atoms with E-state index in [0.717, 1.165) is 48.9 Å². The second-order valence-corrected chi connectivity index (χ2v) is 7.54. The van der Waals surface area contributed by atoms with E-state index < -0.39 is 0 Å². The summed E-state index contributed by atoms with van der Waals surface area (Å²) in [6.07, 6.45) is 7.24. The first-order valence-corrected chi connectivity index (χ1v) is 9.84. The second-order valence-electron chi connectivity index (χ2n) is 7.16. The minimum atomic E-state index is -0.264. The van der Waals surface area contributed by atoms with Crippen molar-refractivity contribution in [3.05, 3.63) is 64.4 Å². The van der Waals surface area contributed by atoms with E-state index in [0.29, 0.717) is 4.64 Å². The molecule has 1 N–H and O–H groups in total. The van der Waals surface area contributed by atoms with Crippen LogP contribution in [-0.4, -0.2) is 16.5 Å². The molecule has 1 amide bonds. The Morgan fingerprint density at radius 3 is 2.63 bits per heavy atom. The molecule has 2 aliphatic rings. The monoisotopic (exact) mass is 375 g/mol. The fourth-order valence-corrected chi connectivity index (χ4v) is 4.65. The number of nitrogens with zero attached hydrogens (tertiary/aromatic N) is 2. The molecule has 4 rings (SSSR count). The number of benzene rings is 1. The molecule has 0 spiro atoms. The highest BCUT2D eigenvalue weighted by Crippen LogP contribution is 2.40. The quantitative estimate of drug-likeness (QED) is 0.783. The lowest BCUT2D eigenvalue weighted by molar-refractivity contribution is -0.118. The number of hydrogen-bond donors (Lipinski definition) is 1. The molecule has 27 heavy (non-hydrogen) atoms. The Labute approximate surface area is 164 Å². The van der Waals surface area contributed by atoms with Gasteiger partial charge in [0, 0.05) is 29.4 Å². The van der Waals surface area contributed by atoms with Crippen molar-refractivity contribution in [2.45, 2.75) is 38.1 Å². The molecular weight excluding hydrogens is 354 g/mol. The van der Waals surface area contributed by atoms with Crippen molar-refractivity contribution in [3.8, 4) is 11.8 Å². The smallest absolute Gasteiger partial charge is 0.262 e. The number of pyridine rings is 1. The maximum absolute atomic E-state index is 12.6. The Bertz CT molecular complexity index is 1000. The van der Waals surface area contributed by atoms with E-state index in [1.165, 1.54) is 0 Å². The van der Waals surface area contributed by atoms with E-state index in [1.807, 2.05) is 53.2 Å². The molecule has 1 aliphatic carbocycles. The number of carbonyl (C=O) groups is 1. The minimum absolute atomic E-state index is 0.0897. The lowest BCUT2D eigenvalue weighted by atomic mass is 9.78. The lowest BCUT2D eigenvalue weighted by Gasteiger charge is -2.33. The van der Waals surface area contributed by atoms with Crippen molar-refractivity contribution >= 4 is 23.7 Å². The maximum atomic E-state index is 12.6. The Hall–Kier alpha value is -2.71. The summed E-state index contributed by atoms with van der Waals surface area (Å²) in [6.45, 7) is 0. The zero-order chi connectivity index (χ0) is 18.8. The van der Waals surface area contributed by atoms with Crippen LogP contribution in [0.5, 0.6) is 0 Å². The van der Waals surface area contributed by atoms with Gasteiger partial charge in [0.25, 0.3) is 5.91 Å². The van der Waals surface area contributed by atoms with Crippen molar-refractivity contribution in [3.63, 3.8) is 0 Å². The summed E-state index contributed by atoms with van der Waals surface area (Å²) >= 11 is 5.81. The number of fused-ring (bicyclic) bond motifs is 1. The van der Waals surface area contributed by atoms with E-state index in [4.69, 9.17) is 12.2 Å². The molecule has 5 heteroatoms. The molecule has 136 valence electrons. The number of carbonyl (C=O) groups excluding carboxylic acids is 1. The molecule has 2 aromatic rings. The first kappa shape index (κ1) is 17.7. The first-order chi connectivity index (χ1) is 13.2. The van der Waals surface area contributed by atoms with E-state index in [9.17, 15) is 10.1 Å². The molecule has 1 aromatic heterocycles. The Kier molecular flexibility index (Phi) is 4.91. The molecule has 4 nitrogen and oxygen atoms in total. The van der Waals surface area contributed by atoms with Gasteiger partial charge in [0.05, 0.1) is 0 Å². The molecule has 1 aromatic carbocycles. The van der Waals surface area contributed by atoms with Crippen LogP contribution in [0.25, 0.3) is 11.3 Å². The molecule has 1 saturated carbocycles. The molecule has 0 saturated heterocycles. The highest BCUT2D eigenvalue weighted by molar-refractivity contribution is 7.71. The number of aromatic nitrogens is 1. The van der Waals surface area contributed by atoms with Gasteiger partial charge in [-0.25, -0.2) is 0 Å². The number of amides is 1. The van der Waals surface area contributed by atoms with Gasteiger partial charge < -0.3 is 9.88 Å². The van der Waals surface area contributed by atoms with Gasteiger partial charge >= 0.3 is 0 Å². The van der Waals surface area contributed by atoms with Crippen molar-refractivity contribution in [1.29, 1.82) is 5.26 Å². The fourth-order valence-electron chi connectivity index (χ4n) is 4.31. The Balaban J connectivity index is 1.91. The molecule has 0 bridgehead atoms. The third-order valence-corrected chi connectivity index (χ3v) is 6.00. The number of para-hydroxylation sites is 1. The number of rotatable bonds is 2. The summed E-state index contributed by atoms with van der Waals surface area (Å²) in [5, 5.41) is 12.8. The highest BCUT2D eigenvalue weighted by atomic mass is 32.1. The van der Waals surface area contributed by atoms with Crippen LogP contribution in [0.1, 0.15) is 37.7 Å². The van der Waals surface area contributed by atoms with Gasteiger partial charge in [-0.1, -0.05) is 55.7 Å². The van der Waals surface area contributed by atoms with Gasteiger partial charge in [0.15, 0.2) is 0 Å². The third-order valence-electron chi connectivity index (χ3n) is 5.58. The van der Waals surface area contributed by atoms with Gasteiger partial charge in [-0.2, -0.15) is 5.26 Å². The molecule has 1 aliphatic heterocycles. The predicted octanol–water partition coefficient (Wildman–Crippen LogP) is 4.56. The van der Waals surface area contributed by atoms with Crippen molar-refractivity contribution in [2.75, 3.05) is 0 Å². The van der Waals surface area contributed by atoms with Crippen LogP contribution in [0.4, 0.5) is 0 Å². The Morgan fingerprint density at radius 2 is 1.85 bits per heavy atom. The fraction of sp³-hybridized carbons (Fsp3) is 0.318. The van der Waals surface area contributed by atoms with Crippen LogP contribution in [0, 0.1) is 21.9 Å². The number of nitrogens with one attached hydrogen (secondary N) is 1. The summed E-state index contributed by atoms with van der Waals surface area (Å²) < 4.78 is 2.59. The largest absolute Gasteiger partial charge is 0.348 e. The van der Waals surface area contributed by atoms with E-state index in [1.54, 1.807) is 0 Å². The van der Waals surface area contributed by atoms with Gasteiger partial charge in [-0.05, 0) is 36.6 Å². The second kappa shape index (κ2) is 7.50. The first-order valence-electron chi connectivity index (χ1n) is 9.43. The van der Waals surface area contributed by atoms with E-state index >= 15 is 0 Å². The van der Waals surface area contributed by atoms with Crippen molar-refractivity contribution in [2.24, 2.45) is 5.92 Å². The standard InChI is InChI=1S/C22H21N3OS/c23-14-18-20(16-10-5-2-6-12-19(16)24-21(18)26)17-11-7-13-25(22(17)27)15-8-3-1-4-9-15/h1,3-4,7-9,11,13,16,19H,2,5-6,10,12H2,(H,24,26). The van der Waals surface area contributed by atoms with Crippen molar-refractivity contribution < 1.29 is 4.79 Å². The third kappa shape index (κ3) is 3.22. The SMILES string of the molecule is N#CC1=C(c2cccn(-c3ccccc3)c2=S)C2CCCCCC2NC1=O. The zero-order valence-electron chi connectivity index (χ0n) is 15.0. The molecular formula is C22H21N3OS. The normalized spacial score (nSPS) is 22.4. The Morgan fingerprint density at radius 1 is 1.07 bits per heavy atom. The van der Waals surface area contributed by atoms with Gasteiger partial charge in [-0.3, -0.25) is 4.79 Å². The average Bonchev–Trinajstić information content (AvgIpc) is 2.93. The highest BCUT2D eigenvalue weighted by Gasteiger charge is 2.37. The average molecular weight is 375 g/mol. The number of hydrogen-bond acceptors (Lipinski definition) is 3. The summed E-state index contributed by atoms with van der Waals surface area (Å²) in [4.78, 5) is 12.6. The summed E-state index contributed by atoms with van der Waals surface area (Å²) in [5.74, 6) is -0.117. The molecule has 2 heterocycles. The van der Waals surface area contributed by atoms with Gasteiger partial charge in [-0.15, -0.1) is 0 Å². The van der Waals surface area contributed by atoms with E-state index in [-0.39, 0.29) is 23.4 Å². The van der Waals surface area contributed by atoms with E-state index in [2.05, 4.69) is 11.4 Å². The summed E-state index contributed by atoms with van der Waals surface area (Å²) in [5.41, 5.74) is 2.86. The zero-order valence-corrected chi connectivity index (χ0v) is 15.8. The van der Waals surface area contributed by atoms with Crippen LogP contribution in [0.15, 0.2) is 54.2 Å². The van der Waals surface area contributed by atoms with Gasteiger partial charge in [0.1, 0.15) is 16.3 Å². The molecule has 1 fully saturated rings. The maximum Gasteiger partial charge on any atom is 0.262 e. The van der Waals surface area contributed by atoms with Crippen LogP contribution in [0.3, 0.4) is 0 Å². The number of nitriles is 1. The van der Waals surface area contributed by atoms with Crippen LogP contribution < -0.4 is 5.32 Å². The molecule has 2 atom stereocenters. The van der Waals surface area contributed by atoms with Gasteiger partial charge in [0.2, 0.25) is 0 Å². The lowest BCUT2D eigenvalue weighted by Crippen LogP contribution is -2.45. The van der Waals surface area contributed by atoms with Crippen LogP contribution in [-0.2, 0) is 4.79 Å². The predicted molar refractivity (Wildman–Crippen MR) is 108 cm³/mol. The summed E-state index contributed by atoms with van der Waals surface area (Å²) in [7, 11) is 0.